The number of nitrogens with two attached hydrogens (primary N) is 1. The number of rotatable bonds is 5. The first-order chi connectivity index (χ1) is 9.17. The number of carbonyl (C=O) groups is 1. The van der Waals surface area contributed by atoms with Crippen molar-refractivity contribution in [2.45, 2.75) is 70.9 Å². The molecule has 118 valence electrons. The molecule has 0 aliphatic heterocycles. The van der Waals surface area contributed by atoms with Gasteiger partial charge < -0.3 is 16.0 Å². The van der Waals surface area contributed by atoms with Gasteiger partial charge in [-0.1, -0.05) is 40.0 Å². The van der Waals surface area contributed by atoms with Gasteiger partial charge in [-0.3, -0.25) is 4.79 Å². The molecule has 1 saturated carbocycles. The molecule has 0 aromatic heterocycles. The largest absolute Gasteiger partial charge is 0.354 e. The number of carbonyl (C=O) groups excluding carboxylic acids is 1. The van der Waals surface area contributed by atoms with Gasteiger partial charge in [-0.25, -0.2) is 0 Å². The van der Waals surface area contributed by atoms with E-state index in [0.717, 1.165) is 6.54 Å². The summed E-state index contributed by atoms with van der Waals surface area (Å²) in [6.45, 7) is 6.98. The van der Waals surface area contributed by atoms with Crippen molar-refractivity contribution in [1.82, 2.24) is 10.2 Å². The molecular formula is C16H33N3O. The Balaban J connectivity index is 2.49. The Labute approximate surface area is 124 Å². The minimum absolute atomic E-state index is 0.0264. The maximum Gasteiger partial charge on any atom is 0.221 e. The Morgan fingerprint density at radius 3 is 2.25 bits per heavy atom. The lowest BCUT2D eigenvalue weighted by Gasteiger charge is -2.43. The first kappa shape index (κ1) is 17.4. The van der Waals surface area contributed by atoms with Crippen molar-refractivity contribution in [2.24, 2.45) is 11.1 Å². The third kappa shape index (κ3) is 4.74. The molecule has 3 N–H and O–H groups in total. The van der Waals surface area contributed by atoms with Crippen LogP contribution in [0.3, 0.4) is 0 Å². The van der Waals surface area contributed by atoms with Gasteiger partial charge in [0, 0.05) is 24.5 Å². The van der Waals surface area contributed by atoms with E-state index in [1.54, 1.807) is 0 Å². The van der Waals surface area contributed by atoms with Crippen LogP contribution in [0.4, 0.5) is 0 Å². The summed E-state index contributed by atoms with van der Waals surface area (Å²) in [4.78, 5) is 14.4. The van der Waals surface area contributed by atoms with E-state index < -0.39 is 0 Å². The molecule has 4 heteroatoms. The molecule has 4 nitrogen and oxygen atoms in total. The topological polar surface area (TPSA) is 58.4 Å². The number of nitrogens with zero attached hydrogens (tertiary/aromatic N) is 1. The first-order valence-corrected chi connectivity index (χ1v) is 7.87. The third-order valence-electron chi connectivity index (χ3n) is 4.87. The van der Waals surface area contributed by atoms with Gasteiger partial charge in [0.15, 0.2) is 0 Å². The zero-order valence-electron chi connectivity index (χ0n) is 14.0. The normalized spacial score (nSPS) is 20.8. The van der Waals surface area contributed by atoms with Gasteiger partial charge in [0.2, 0.25) is 5.91 Å². The van der Waals surface area contributed by atoms with Crippen LogP contribution in [-0.4, -0.2) is 43.0 Å². The summed E-state index contributed by atoms with van der Waals surface area (Å²) in [6.07, 6.45) is 6.59. The van der Waals surface area contributed by atoms with E-state index in [9.17, 15) is 4.79 Å². The molecule has 0 saturated heterocycles. The molecule has 0 spiro atoms. The first-order valence-electron chi connectivity index (χ1n) is 7.87. The Morgan fingerprint density at radius 1 is 1.25 bits per heavy atom. The molecule has 0 bridgehead atoms. The van der Waals surface area contributed by atoms with Crippen molar-refractivity contribution >= 4 is 5.91 Å². The van der Waals surface area contributed by atoms with Crippen LogP contribution in [0.25, 0.3) is 0 Å². The Hall–Kier alpha value is -0.610. The summed E-state index contributed by atoms with van der Waals surface area (Å²) in [5.41, 5.74) is 6.19. The smallest absolute Gasteiger partial charge is 0.221 e. The lowest BCUT2D eigenvalue weighted by Crippen LogP contribution is -2.54. The minimum atomic E-state index is -0.0934. The fraction of sp³-hybridized carbons (Fsp3) is 0.938. The Bertz CT molecular complexity index is 314. The zero-order chi connectivity index (χ0) is 15.4. The second kappa shape index (κ2) is 6.90. The van der Waals surface area contributed by atoms with Gasteiger partial charge in [-0.05, 0) is 32.4 Å². The molecule has 1 rings (SSSR count). The van der Waals surface area contributed by atoms with E-state index in [0.29, 0.717) is 6.42 Å². The fourth-order valence-corrected chi connectivity index (χ4v) is 2.83. The molecule has 1 aliphatic rings. The monoisotopic (exact) mass is 283 g/mol. The van der Waals surface area contributed by atoms with E-state index in [-0.39, 0.29) is 22.9 Å². The van der Waals surface area contributed by atoms with Crippen molar-refractivity contribution in [1.29, 1.82) is 0 Å². The molecule has 1 unspecified atom stereocenters. The van der Waals surface area contributed by atoms with Gasteiger partial charge in [0.25, 0.3) is 0 Å². The second-order valence-corrected chi connectivity index (χ2v) is 7.63. The fourth-order valence-electron chi connectivity index (χ4n) is 2.83. The molecule has 1 fully saturated rings. The van der Waals surface area contributed by atoms with E-state index >= 15 is 0 Å². The van der Waals surface area contributed by atoms with E-state index in [1.165, 1.54) is 32.1 Å². The molecule has 1 aliphatic carbocycles. The number of nitrogens with one attached hydrogen (secondary N) is 1. The number of likely N-dealkylation sites (N-methyl/N-ethyl adjacent to an activating group) is 1. The van der Waals surface area contributed by atoms with Crippen molar-refractivity contribution in [3.8, 4) is 0 Å². The highest BCUT2D eigenvalue weighted by molar-refractivity contribution is 5.76. The average Bonchev–Trinajstić information content (AvgIpc) is 2.36. The summed E-state index contributed by atoms with van der Waals surface area (Å²) in [7, 11) is 4.25. The van der Waals surface area contributed by atoms with Gasteiger partial charge in [-0.15, -0.1) is 0 Å². The summed E-state index contributed by atoms with van der Waals surface area (Å²) >= 11 is 0. The lowest BCUT2D eigenvalue weighted by molar-refractivity contribution is -0.122. The van der Waals surface area contributed by atoms with Crippen LogP contribution in [-0.2, 0) is 4.79 Å². The standard InChI is InChI=1S/C16H33N3O/c1-15(2,3)13(17)11-14(20)18-12-16(19(4)5)9-7-6-8-10-16/h13H,6-12,17H2,1-5H3,(H,18,20). The Kier molecular flexibility index (Phi) is 6.02. The third-order valence-corrected chi connectivity index (χ3v) is 4.87. The summed E-state index contributed by atoms with van der Waals surface area (Å²) in [5, 5.41) is 3.12. The van der Waals surface area contributed by atoms with E-state index in [4.69, 9.17) is 5.73 Å². The van der Waals surface area contributed by atoms with Gasteiger partial charge >= 0.3 is 0 Å². The maximum absolute atomic E-state index is 12.1. The summed E-state index contributed by atoms with van der Waals surface area (Å²) in [5.74, 6) is 0.0826. The van der Waals surface area contributed by atoms with Crippen LogP contribution in [0, 0.1) is 5.41 Å². The van der Waals surface area contributed by atoms with E-state index in [2.05, 4.69) is 45.1 Å². The number of hydrogen-bond acceptors (Lipinski definition) is 3. The van der Waals surface area contributed by atoms with Crippen LogP contribution < -0.4 is 11.1 Å². The van der Waals surface area contributed by atoms with Crippen molar-refractivity contribution in [2.75, 3.05) is 20.6 Å². The number of amides is 1. The van der Waals surface area contributed by atoms with Crippen LogP contribution in [0.2, 0.25) is 0 Å². The number of hydrogen-bond donors (Lipinski definition) is 2. The van der Waals surface area contributed by atoms with Gasteiger partial charge in [-0.2, -0.15) is 0 Å². The van der Waals surface area contributed by atoms with E-state index in [1.807, 2.05) is 0 Å². The van der Waals surface area contributed by atoms with Crippen LogP contribution >= 0.6 is 0 Å². The molecule has 0 aromatic carbocycles. The minimum Gasteiger partial charge on any atom is -0.354 e. The Morgan fingerprint density at radius 2 is 1.80 bits per heavy atom. The van der Waals surface area contributed by atoms with Crippen LogP contribution in [0.1, 0.15) is 59.3 Å². The molecule has 20 heavy (non-hydrogen) atoms. The molecule has 1 atom stereocenters. The highest BCUT2D eigenvalue weighted by Crippen LogP contribution is 2.31. The summed E-state index contributed by atoms with van der Waals surface area (Å²) < 4.78 is 0. The summed E-state index contributed by atoms with van der Waals surface area (Å²) in [6, 6.07) is -0.0934. The predicted molar refractivity (Wildman–Crippen MR) is 84.6 cm³/mol. The van der Waals surface area contributed by atoms with Gasteiger partial charge in [0.05, 0.1) is 0 Å². The molecule has 0 radical (unpaired) electrons. The highest BCUT2D eigenvalue weighted by Gasteiger charge is 2.34. The zero-order valence-corrected chi connectivity index (χ0v) is 14.0. The molecular weight excluding hydrogens is 250 g/mol. The van der Waals surface area contributed by atoms with Crippen LogP contribution in [0.15, 0.2) is 0 Å². The van der Waals surface area contributed by atoms with Crippen LogP contribution in [0.5, 0.6) is 0 Å². The molecule has 0 aromatic rings. The quantitative estimate of drug-likeness (QED) is 0.812. The maximum atomic E-state index is 12.1. The lowest BCUT2D eigenvalue weighted by atomic mass is 9.80. The SMILES string of the molecule is CN(C)C1(CNC(=O)CC(N)C(C)(C)C)CCCCC1. The highest BCUT2D eigenvalue weighted by atomic mass is 16.1. The van der Waals surface area contributed by atoms with Crippen molar-refractivity contribution in [3.05, 3.63) is 0 Å². The second-order valence-electron chi connectivity index (χ2n) is 7.63. The van der Waals surface area contributed by atoms with Gasteiger partial charge in [0.1, 0.15) is 0 Å². The molecule has 1 amide bonds. The van der Waals surface area contributed by atoms with Crippen molar-refractivity contribution < 1.29 is 4.79 Å². The average molecular weight is 283 g/mol. The van der Waals surface area contributed by atoms with Crippen molar-refractivity contribution in [3.63, 3.8) is 0 Å². The molecule has 0 heterocycles. The predicted octanol–water partition coefficient (Wildman–Crippen LogP) is 2.13.